The second-order valence-corrected chi connectivity index (χ2v) is 3.15. The van der Waals surface area contributed by atoms with E-state index in [0.717, 1.165) is 0 Å². The number of nitrogens with two attached hydrogens (primary N) is 1. The van der Waals surface area contributed by atoms with Crippen LogP contribution in [-0.2, 0) is 9.59 Å². The van der Waals surface area contributed by atoms with Crippen molar-refractivity contribution in [2.24, 2.45) is 11.7 Å². The fourth-order valence-corrected chi connectivity index (χ4v) is 0.845. The van der Waals surface area contributed by atoms with Gasteiger partial charge in [-0.15, -0.1) is 0 Å². The average molecular weight is 173 g/mol. The first kappa shape index (κ1) is 9.19. The Kier molecular flexibility index (Phi) is 3.73. The van der Waals surface area contributed by atoms with Gasteiger partial charge in [-0.05, 0) is 12.3 Å². The van der Waals surface area contributed by atoms with Gasteiger partial charge in [0.2, 0.25) is 11.8 Å². The van der Waals surface area contributed by atoms with E-state index in [4.69, 9.17) is 7.10 Å². The van der Waals surface area contributed by atoms with Gasteiger partial charge in [0.25, 0.3) is 0 Å². The predicted octanol–water partition coefficient (Wildman–Crippen LogP) is 0.0225. The summed E-state index contributed by atoms with van der Waals surface area (Å²) in [5.74, 6) is -0.790. The molecule has 1 atom stereocenters. The Morgan fingerprint density at radius 3 is 2.58 bits per heavy atom. The van der Waals surface area contributed by atoms with Crippen LogP contribution in [-0.4, -0.2) is 17.9 Å². The number of amides is 2. The van der Waals surface area contributed by atoms with Crippen molar-refractivity contribution in [3.63, 3.8) is 0 Å². The maximum Gasteiger partial charge on any atom is 0.243 e. The standard InChI is InChI=1S/C8H16N2O2/c1-5(2)4-7(9)8(12)10-6(3)11/h5,7H,4,9H2,1-3H3,(H,10,11,12)/t7-/m0/s1/i3D. The molecule has 0 aliphatic carbocycles. The number of carbonyl (C=O) groups is 2. The highest BCUT2D eigenvalue weighted by Gasteiger charge is 2.15. The van der Waals surface area contributed by atoms with Gasteiger partial charge < -0.3 is 5.73 Å². The summed E-state index contributed by atoms with van der Waals surface area (Å²) in [7, 11) is 0. The van der Waals surface area contributed by atoms with E-state index in [9.17, 15) is 9.59 Å². The van der Waals surface area contributed by atoms with Gasteiger partial charge in [0, 0.05) is 8.27 Å². The summed E-state index contributed by atoms with van der Waals surface area (Å²) in [6.07, 6.45) is 0.539. The molecule has 4 nitrogen and oxygen atoms in total. The molecule has 2 amide bonds. The smallest absolute Gasteiger partial charge is 0.243 e. The third kappa shape index (κ3) is 4.85. The van der Waals surface area contributed by atoms with Crippen molar-refractivity contribution in [1.29, 1.82) is 0 Å². The molecule has 0 bridgehead atoms. The Bertz CT molecular complexity index is 195. The van der Waals surface area contributed by atoms with Crippen molar-refractivity contribution in [3.8, 4) is 0 Å². The lowest BCUT2D eigenvalue weighted by molar-refractivity contribution is -0.130. The van der Waals surface area contributed by atoms with Gasteiger partial charge in [-0.25, -0.2) is 0 Å². The Morgan fingerprint density at radius 2 is 2.17 bits per heavy atom. The van der Waals surface area contributed by atoms with Crippen LogP contribution in [0.1, 0.15) is 28.5 Å². The van der Waals surface area contributed by atoms with E-state index in [-0.39, 0.29) is 0 Å². The maximum absolute atomic E-state index is 11.1. The minimum atomic E-state index is -0.657. The molecule has 0 radical (unpaired) electrons. The zero-order valence-electron chi connectivity index (χ0n) is 8.46. The number of imide groups is 1. The summed E-state index contributed by atoms with van der Waals surface area (Å²) < 4.78 is 6.68. The number of nitrogens with one attached hydrogen (secondary N) is 1. The molecule has 0 saturated heterocycles. The van der Waals surface area contributed by atoms with E-state index in [2.05, 4.69) is 0 Å². The Hall–Kier alpha value is -0.900. The molecule has 0 rings (SSSR count). The molecular formula is C8H16N2O2. The molecule has 0 fully saturated rings. The molecule has 0 aliphatic rings. The minimum absolute atomic E-state index is 0.312. The highest BCUT2D eigenvalue weighted by Crippen LogP contribution is 2.01. The summed E-state index contributed by atoms with van der Waals surface area (Å²) in [6, 6.07) is -0.657. The molecule has 0 aromatic heterocycles. The maximum atomic E-state index is 11.1. The summed E-state index contributed by atoms with van der Waals surface area (Å²) in [6.45, 7) is 3.44. The summed E-state index contributed by atoms with van der Waals surface area (Å²) >= 11 is 0. The Balaban J connectivity index is 3.89. The van der Waals surface area contributed by atoms with E-state index in [1.165, 1.54) is 0 Å². The normalized spacial score (nSPS) is 13.8. The van der Waals surface area contributed by atoms with Crippen molar-refractivity contribution < 1.29 is 11.0 Å². The van der Waals surface area contributed by atoms with Crippen LogP contribution in [0.25, 0.3) is 0 Å². The van der Waals surface area contributed by atoms with Crippen molar-refractivity contribution >= 4 is 11.8 Å². The first-order chi connectivity index (χ1) is 5.97. The van der Waals surface area contributed by atoms with E-state index < -0.39 is 24.8 Å². The fraction of sp³-hybridized carbons (Fsp3) is 0.750. The summed E-state index contributed by atoms with van der Waals surface area (Å²) in [4.78, 5) is 21.7. The van der Waals surface area contributed by atoms with Gasteiger partial charge in [0.1, 0.15) is 0 Å². The molecule has 0 unspecified atom stereocenters. The molecule has 0 aromatic rings. The van der Waals surface area contributed by atoms with Crippen molar-refractivity contribution in [3.05, 3.63) is 0 Å². The number of hydrogen-bond acceptors (Lipinski definition) is 3. The molecule has 4 heteroatoms. The van der Waals surface area contributed by atoms with E-state index >= 15 is 0 Å². The Labute approximate surface area is 73.9 Å². The first-order valence-corrected chi connectivity index (χ1v) is 3.86. The second-order valence-electron chi connectivity index (χ2n) is 3.15. The average Bonchev–Trinajstić information content (AvgIpc) is 2.02. The molecule has 0 aromatic carbocycles. The number of carbonyl (C=O) groups excluding carboxylic acids is 2. The van der Waals surface area contributed by atoms with Gasteiger partial charge in [-0.2, -0.15) is 0 Å². The summed E-state index contributed by atoms with van der Waals surface area (Å²) in [5, 5.41) is 2.04. The number of hydrogen-bond donors (Lipinski definition) is 2. The highest BCUT2D eigenvalue weighted by atomic mass is 16.2. The first-order valence-electron chi connectivity index (χ1n) is 4.56. The lowest BCUT2D eigenvalue weighted by Gasteiger charge is -2.12. The lowest BCUT2D eigenvalue weighted by atomic mass is 10.0. The third-order valence-electron chi connectivity index (χ3n) is 1.32. The zero-order valence-corrected chi connectivity index (χ0v) is 7.46. The molecule has 70 valence electrons. The van der Waals surface area contributed by atoms with Crippen LogP contribution in [0.3, 0.4) is 0 Å². The van der Waals surface area contributed by atoms with Crippen molar-refractivity contribution in [2.45, 2.75) is 33.2 Å². The van der Waals surface area contributed by atoms with Crippen LogP contribution in [0.4, 0.5) is 0 Å². The fourth-order valence-electron chi connectivity index (χ4n) is 0.845. The van der Waals surface area contributed by atoms with Gasteiger partial charge in [0.05, 0.1) is 6.04 Å². The highest BCUT2D eigenvalue weighted by molar-refractivity contribution is 5.96. The van der Waals surface area contributed by atoms with Gasteiger partial charge >= 0.3 is 0 Å². The van der Waals surface area contributed by atoms with Crippen LogP contribution in [0, 0.1) is 5.92 Å². The van der Waals surface area contributed by atoms with Crippen LogP contribution in [0.15, 0.2) is 0 Å². The molecule has 0 spiro atoms. The van der Waals surface area contributed by atoms with E-state index in [1.54, 1.807) is 0 Å². The van der Waals surface area contributed by atoms with Gasteiger partial charge in [0.15, 0.2) is 0 Å². The second kappa shape index (κ2) is 4.87. The zero-order chi connectivity index (χ0) is 10.4. The summed E-state index contributed by atoms with van der Waals surface area (Å²) in [5.41, 5.74) is 5.50. The minimum Gasteiger partial charge on any atom is -0.320 e. The van der Waals surface area contributed by atoms with Crippen molar-refractivity contribution in [1.82, 2.24) is 5.32 Å². The van der Waals surface area contributed by atoms with Crippen LogP contribution in [0.2, 0.25) is 0 Å². The molecule has 0 aliphatic heterocycles. The van der Waals surface area contributed by atoms with Gasteiger partial charge in [-0.3, -0.25) is 14.9 Å². The quantitative estimate of drug-likeness (QED) is 0.632. The van der Waals surface area contributed by atoms with Crippen molar-refractivity contribution in [2.75, 3.05) is 0 Å². The predicted molar refractivity (Wildman–Crippen MR) is 46.3 cm³/mol. The number of rotatable bonds is 3. The van der Waals surface area contributed by atoms with E-state index in [0.29, 0.717) is 12.3 Å². The topological polar surface area (TPSA) is 72.2 Å². The molecule has 3 N–H and O–H groups in total. The third-order valence-corrected chi connectivity index (χ3v) is 1.32. The van der Waals surface area contributed by atoms with Crippen LogP contribution in [0.5, 0.6) is 0 Å². The van der Waals surface area contributed by atoms with Crippen LogP contribution < -0.4 is 11.1 Å². The lowest BCUT2D eigenvalue weighted by Crippen LogP contribution is -2.43. The molecule has 12 heavy (non-hydrogen) atoms. The van der Waals surface area contributed by atoms with E-state index in [1.807, 2.05) is 19.2 Å². The van der Waals surface area contributed by atoms with Gasteiger partial charge in [-0.1, -0.05) is 13.8 Å². The van der Waals surface area contributed by atoms with Crippen LogP contribution >= 0.6 is 0 Å². The Morgan fingerprint density at radius 1 is 1.58 bits per heavy atom. The molecule has 0 saturated carbocycles. The molecular weight excluding hydrogens is 156 g/mol. The largest absolute Gasteiger partial charge is 0.320 e. The molecule has 0 heterocycles. The SMILES string of the molecule is [2H]CC(=O)NC(=O)[C@@H](N)CC(C)C. The monoisotopic (exact) mass is 173 g/mol.